The molecule has 3 aromatic rings. The summed E-state index contributed by atoms with van der Waals surface area (Å²) in [6, 6.07) is 17.0. The monoisotopic (exact) mass is 532 g/mol. The molecule has 1 unspecified atom stereocenters. The highest BCUT2D eigenvalue weighted by molar-refractivity contribution is 6.09. The van der Waals surface area contributed by atoms with Crippen LogP contribution in [0.15, 0.2) is 60.8 Å². The summed E-state index contributed by atoms with van der Waals surface area (Å²) in [7, 11) is 1.92. The van der Waals surface area contributed by atoms with E-state index in [9.17, 15) is 9.59 Å². The predicted octanol–water partition coefficient (Wildman–Crippen LogP) is 4.65. The highest BCUT2D eigenvalue weighted by Crippen LogP contribution is 2.30. The number of fused-ring (bicyclic) bond motifs is 1. The minimum Gasteiger partial charge on any atom is -0.484 e. The first-order valence-electron chi connectivity index (χ1n) is 13.1. The van der Waals surface area contributed by atoms with Gasteiger partial charge in [-0.3, -0.25) is 4.79 Å². The van der Waals surface area contributed by atoms with Crippen LogP contribution in [-0.2, 0) is 4.74 Å². The Hall–Kier alpha value is -4.34. The van der Waals surface area contributed by atoms with E-state index in [1.54, 1.807) is 11.1 Å². The van der Waals surface area contributed by atoms with Crippen LogP contribution in [0.4, 0.5) is 22.2 Å². The molecule has 1 aromatic heterocycles. The molecule has 0 bridgehead atoms. The van der Waals surface area contributed by atoms with Crippen LogP contribution >= 0.6 is 0 Å². The molecule has 0 saturated heterocycles. The highest BCUT2D eigenvalue weighted by Gasteiger charge is 2.28. The van der Waals surface area contributed by atoms with Gasteiger partial charge < -0.3 is 29.9 Å². The van der Waals surface area contributed by atoms with Gasteiger partial charge in [0.15, 0.2) is 0 Å². The Morgan fingerprint density at radius 3 is 2.59 bits per heavy atom. The van der Waals surface area contributed by atoms with Crippen LogP contribution in [0.1, 0.15) is 49.7 Å². The van der Waals surface area contributed by atoms with E-state index >= 15 is 0 Å². The fourth-order valence-corrected chi connectivity index (χ4v) is 4.18. The van der Waals surface area contributed by atoms with Gasteiger partial charge in [0.2, 0.25) is 5.95 Å². The predicted molar refractivity (Wildman–Crippen MR) is 152 cm³/mol. The average Bonchev–Trinajstić information content (AvgIpc) is 3.02. The number of aromatic nitrogens is 2. The SMILES string of the molecule is CCNc1ncc2c(n1)N(C)CCN(c1cccc(OC(CNC(=O)OC(C)(C)C)c3ccccc3)c1)C2=O. The standard InChI is InChI=1S/C29H36N6O4/c1-6-30-27-31-18-23-25(33-27)34(5)15-16-35(26(23)36)21-13-10-14-22(17-21)38-24(20-11-8-7-9-12-20)19-32-28(37)39-29(2,3)4/h7-14,17-18,24H,6,15-16,19H2,1-5H3,(H,32,37)(H,30,31,33). The Morgan fingerprint density at radius 2 is 1.87 bits per heavy atom. The molecule has 10 nitrogen and oxygen atoms in total. The molecule has 0 spiro atoms. The third kappa shape index (κ3) is 7.16. The molecule has 2 amide bonds. The number of amides is 2. The lowest BCUT2D eigenvalue weighted by Crippen LogP contribution is -2.36. The van der Waals surface area contributed by atoms with Gasteiger partial charge in [-0.25, -0.2) is 9.78 Å². The number of anilines is 3. The van der Waals surface area contributed by atoms with Crippen molar-refractivity contribution in [3.05, 3.63) is 71.9 Å². The lowest BCUT2D eigenvalue weighted by Gasteiger charge is -2.24. The van der Waals surface area contributed by atoms with E-state index in [-0.39, 0.29) is 12.5 Å². The number of hydrogen-bond acceptors (Lipinski definition) is 8. The third-order valence-corrected chi connectivity index (χ3v) is 6.01. The molecule has 10 heteroatoms. The van der Waals surface area contributed by atoms with E-state index in [4.69, 9.17) is 9.47 Å². The smallest absolute Gasteiger partial charge is 0.407 e. The molecule has 39 heavy (non-hydrogen) atoms. The zero-order valence-electron chi connectivity index (χ0n) is 23.1. The molecule has 2 aromatic carbocycles. The van der Waals surface area contributed by atoms with E-state index in [1.807, 2.05) is 94.2 Å². The summed E-state index contributed by atoms with van der Waals surface area (Å²) < 4.78 is 11.7. The van der Waals surface area contributed by atoms with Crippen LogP contribution in [0.3, 0.4) is 0 Å². The van der Waals surface area contributed by atoms with Crippen LogP contribution < -0.4 is 25.2 Å². The van der Waals surface area contributed by atoms with Gasteiger partial charge in [0.05, 0.1) is 6.54 Å². The van der Waals surface area contributed by atoms with Crippen LogP contribution in [0.25, 0.3) is 0 Å². The van der Waals surface area contributed by atoms with Gasteiger partial charge in [0.1, 0.15) is 28.8 Å². The molecule has 2 N–H and O–H groups in total. The second kappa shape index (κ2) is 12.0. The van der Waals surface area contributed by atoms with Crippen molar-refractivity contribution in [3.8, 4) is 5.75 Å². The Bertz CT molecular complexity index is 1290. The number of alkyl carbamates (subject to hydrolysis) is 1. The van der Waals surface area contributed by atoms with Gasteiger partial charge >= 0.3 is 6.09 Å². The summed E-state index contributed by atoms with van der Waals surface area (Å²) in [5.41, 5.74) is 1.43. The Kier molecular flexibility index (Phi) is 8.53. The molecule has 0 aliphatic carbocycles. The maximum Gasteiger partial charge on any atom is 0.407 e. The van der Waals surface area contributed by atoms with Gasteiger partial charge in [-0.2, -0.15) is 4.98 Å². The van der Waals surface area contributed by atoms with Crippen molar-refractivity contribution in [2.45, 2.75) is 39.4 Å². The van der Waals surface area contributed by atoms with Crippen molar-refractivity contribution in [1.29, 1.82) is 0 Å². The summed E-state index contributed by atoms with van der Waals surface area (Å²) in [5.74, 6) is 1.47. The molecule has 4 rings (SSSR count). The molecule has 206 valence electrons. The average molecular weight is 533 g/mol. The molecular weight excluding hydrogens is 496 g/mol. The van der Waals surface area contributed by atoms with Gasteiger partial charge in [-0.05, 0) is 45.4 Å². The van der Waals surface area contributed by atoms with Crippen LogP contribution in [-0.4, -0.2) is 60.8 Å². The van der Waals surface area contributed by atoms with Crippen molar-refractivity contribution < 1.29 is 19.1 Å². The number of nitrogens with zero attached hydrogens (tertiary/aromatic N) is 4. The van der Waals surface area contributed by atoms with E-state index < -0.39 is 17.8 Å². The molecule has 0 saturated carbocycles. The quantitative estimate of drug-likeness (QED) is 0.432. The second-order valence-corrected chi connectivity index (χ2v) is 10.2. The molecule has 2 heterocycles. The first-order valence-corrected chi connectivity index (χ1v) is 13.1. The van der Waals surface area contributed by atoms with Gasteiger partial charge in [-0.15, -0.1) is 0 Å². The number of hydrogen-bond donors (Lipinski definition) is 2. The number of ether oxygens (including phenoxy) is 2. The molecule has 0 radical (unpaired) electrons. The zero-order valence-corrected chi connectivity index (χ0v) is 23.1. The second-order valence-electron chi connectivity index (χ2n) is 10.2. The molecule has 0 fully saturated rings. The molecular formula is C29H36N6O4. The Balaban J connectivity index is 1.56. The first-order chi connectivity index (χ1) is 18.6. The van der Waals surface area contributed by atoms with E-state index in [1.165, 1.54) is 0 Å². The highest BCUT2D eigenvalue weighted by atomic mass is 16.6. The number of nitrogens with one attached hydrogen (secondary N) is 2. The third-order valence-electron chi connectivity index (χ3n) is 6.01. The summed E-state index contributed by atoms with van der Waals surface area (Å²) in [6.45, 7) is 9.37. The van der Waals surface area contributed by atoms with Crippen LogP contribution in [0.2, 0.25) is 0 Å². The van der Waals surface area contributed by atoms with Crippen LogP contribution in [0, 0.1) is 0 Å². The maximum atomic E-state index is 13.6. The first kappa shape index (κ1) is 27.7. The normalized spacial score (nSPS) is 14.2. The fourth-order valence-electron chi connectivity index (χ4n) is 4.18. The van der Waals surface area contributed by atoms with E-state index in [0.717, 1.165) is 5.56 Å². The van der Waals surface area contributed by atoms with E-state index in [0.29, 0.717) is 48.4 Å². The lowest BCUT2D eigenvalue weighted by atomic mass is 10.1. The largest absolute Gasteiger partial charge is 0.484 e. The van der Waals surface area contributed by atoms with Gasteiger partial charge in [0.25, 0.3) is 5.91 Å². The number of carbonyl (C=O) groups is 2. The van der Waals surface area contributed by atoms with Crippen molar-refractivity contribution in [1.82, 2.24) is 15.3 Å². The van der Waals surface area contributed by atoms with Crippen molar-refractivity contribution in [2.75, 3.05) is 48.3 Å². The van der Waals surface area contributed by atoms with Crippen molar-refractivity contribution >= 4 is 29.5 Å². The number of carbonyl (C=O) groups excluding carboxylic acids is 2. The van der Waals surface area contributed by atoms with Gasteiger partial charge in [0, 0.05) is 44.6 Å². The summed E-state index contributed by atoms with van der Waals surface area (Å²) in [5, 5.41) is 5.90. The number of benzene rings is 2. The Morgan fingerprint density at radius 1 is 1.10 bits per heavy atom. The summed E-state index contributed by atoms with van der Waals surface area (Å²) in [4.78, 5) is 38.5. The van der Waals surface area contributed by atoms with Crippen molar-refractivity contribution in [2.24, 2.45) is 0 Å². The number of rotatable bonds is 8. The Labute approximate surface area is 229 Å². The van der Waals surface area contributed by atoms with Crippen molar-refractivity contribution in [3.63, 3.8) is 0 Å². The molecule has 1 atom stereocenters. The molecule has 1 aliphatic rings. The molecule has 1 aliphatic heterocycles. The van der Waals surface area contributed by atoms with Gasteiger partial charge in [-0.1, -0.05) is 36.4 Å². The zero-order chi connectivity index (χ0) is 28.0. The lowest BCUT2D eigenvalue weighted by molar-refractivity contribution is 0.0500. The topological polar surface area (TPSA) is 109 Å². The van der Waals surface area contributed by atoms with E-state index in [2.05, 4.69) is 20.6 Å². The summed E-state index contributed by atoms with van der Waals surface area (Å²) >= 11 is 0. The minimum absolute atomic E-state index is 0.180. The minimum atomic E-state index is -0.604. The fraction of sp³-hybridized carbons (Fsp3) is 0.379. The summed E-state index contributed by atoms with van der Waals surface area (Å²) in [6.07, 6.45) is 0.586. The van der Waals surface area contributed by atoms with Crippen LogP contribution in [0.5, 0.6) is 5.75 Å². The number of likely N-dealkylation sites (N-methyl/N-ethyl adjacent to an activating group) is 1. The maximum absolute atomic E-state index is 13.6.